The third-order valence-electron chi connectivity index (χ3n) is 2.09. The largest absolute Gasteiger partial charge is 0.477 e. The molecule has 0 bridgehead atoms. The molecule has 1 N–H and O–H groups in total. The van der Waals surface area contributed by atoms with Crippen molar-refractivity contribution in [3.8, 4) is 0 Å². The molecule has 0 radical (unpaired) electrons. The van der Waals surface area contributed by atoms with E-state index < -0.39 is 5.97 Å². The molecule has 0 aliphatic heterocycles. The fraction of sp³-hybridized carbons (Fsp3) is 0.222. The van der Waals surface area contributed by atoms with Crippen molar-refractivity contribution in [3.05, 3.63) is 28.9 Å². The first-order valence-corrected chi connectivity index (χ1v) is 4.77. The van der Waals surface area contributed by atoms with Gasteiger partial charge in [-0.2, -0.15) is 0 Å². The summed E-state index contributed by atoms with van der Waals surface area (Å²) in [6, 6.07) is 0. The smallest absolute Gasteiger partial charge is 0.354 e. The number of fused-ring (bicyclic) bond motifs is 1. The van der Waals surface area contributed by atoms with Crippen molar-refractivity contribution in [1.82, 2.24) is 14.4 Å². The number of carboxylic acids is 1. The Bertz CT molecular complexity index is 535. The first-order chi connectivity index (χ1) is 7.13. The molecule has 0 aromatic carbocycles. The number of imidazole rings is 1. The second-order valence-electron chi connectivity index (χ2n) is 3.00. The van der Waals surface area contributed by atoms with Gasteiger partial charge in [0.05, 0.1) is 11.9 Å². The summed E-state index contributed by atoms with van der Waals surface area (Å²) in [4.78, 5) is 19.0. The number of aromatic nitrogens is 3. The first-order valence-electron chi connectivity index (χ1n) is 4.39. The normalized spacial score (nSPS) is 10.8. The van der Waals surface area contributed by atoms with Crippen molar-refractivity contribution in [3.63, 3.8) is 0 Å². The SMILES string of the molecule is CCc1nc2cnc(Cl)cn2c1C(=O)O. The number of carbonyl (C=O) groups is 1. The van der Waals surface area contributed by atoms with Gasteiger partial charge >= 0.3 is 5.97 Å². The number of aromatic carboxylic acids is 1. The molecule has 0 fully saturated rings. The molecule has 15 heavy (non-hydrogen) atoms. The molecule has 0 spiro atoms. The van der Waals surface area contributed by atoms with Crippen molar-refractivity contribution in [2.75, 3.05) is 0 Å². The molecule has 0 saturated heterocycles. The van der Waals surface area contributed by atoms with E-state index >= 15 is 0 Å². The van der Waals surface area contributed by atoms with Crippen LogP contribution in [0.5, 0.6) is 0 Å². The molecule has 0 saturated carbocycles. The predicted molar refractivity (Wildman–Crippen MR) is 54.3 cm³/mol. The highest BCUT2D eigenvalue weighted by atomic mass is 35.5. The minimum absolute atomic E-state index is 0.150. The highest BCUT2D eigenvalue weighted by Crippen LogP contribution is 2.15. The number of aryl methyl sites for hydroxylation is 1. The number of rotatable bonds is 2. The summed E-state index contributed by atoms with van der Waals surface area (Å²) in [6.07, 6.45) is 3.46. The molecular weight excluding hydrogens is 218 g/mol. The Hall–Kier alpha value is -1.62. The molecule has 0 amide bonds. The lowest BCUT2D eigenvalue weighted by molar-refractivity contribution is 0.0688. The van der Waals surface area contributed by atoms with E-state index in [9.17, 15) is 4.79 Å². The maximum Gasteiger partial charge on any atom is 0.354 e. The average Bonchev–Trinajstić information content (AvgIpc) is 2.55. The van der Waals surface area contributed by atoms with Crippen LogP contribution in [0.3, 0.4) is 0 Å². The van der Waals surface area contributed by atoms with Crippen LogP contribution in [-0.2, 0) is 6.42 Å². The minimum Gasteiger partial charge on any atom is -0.477 e. The van der Waals surface area contributed by atoms with E-state index in [0.29, 0.717) is 17.8 Å². The van der Waals surface area contributed by atoms with Crippen LogP contribution < -0.4 is 0 Å². The zero-order chi connectivity index (χ0) is 11.0. The topological polar surface area (TPSA) is 67.5 Å². The number of carboxylic acid groups (broad SMARTS) is 1. The molecule has 78 valence electrons. The molecule has 0 aliphatic carbocycles. The summed E-state index contributed by atoms with van der Waals surface area (Å²) in [7, 11) is 0. The Labute approximate surface area is 90.3 Å². The number of halogens is 1. The van der Waals surface area contributed by atoms with Crippen LogP contribution >= 0.6 is 11.6 Å². The Balaban J connectivity index is 2.82. The van der Waals surface area contributed by atoms with E-state index in [-0.39, 0.29) is 10.8 Å². The summed E-state index contributed by atoms with van der Waals surface area (Å²) < 4.78 is 1.44. The highest BCUT2D eigenvalue weighted by molar-refractivity contribution is 6.29. The van der Waals surface area contributed by atoms with Crippen LogP contribution in [0, 0.1) is 0 Å². The monoisotopic (exact) mass is 225 g/mol. The number of hydrogen-bond donors (Lipinski definition) is 1. The van der Waals surface area contributed by atoms with Crippen molar-refractivity contribution in [1.29, 1.82) is 0 Å². The van der Waals surface area contributed by atoms with Crippen LogP contribution in [0.15, 0.2) is 12.4 Å². The average molecular weight is 226 g/mol. The molecule has 2 rings (SSSR count). The second kappa shape index (κ2) is 3.51. The van der Waals surface area contributed by atoms with Gasteiger partial charge in [0, 0.05) is 6.20 Å². The molecule has 2 heterocycles. The van der Waals surface area contributed by atoms with Crippen molar-refractivity contribution >= 4 is 23.2 Å². The van der Waals surface area contributed by atoms with Gasteiger partial charge in [-0.15, -0.1) is 0 Å². The zero-order valence-electron chi connectivity index (χ0n) is 7.94. The molecule has 0 aliphatic rings. The summed E-state index contributed by atoms with van der Waals surface area (Å²) in [5.74, 6) is -1.01. The van der Waals surface area contributed by atoms with Crippen LogP contribution in [0.1, 0.15) is 23.1 Å². The molecule has 0 atom stereocenters. The Morgan fingerprint density at radius 1 is 1.67 bits per heavy atom. The van der Waals surface area contributed by atoms with Crippen LogP contribution in [0.25, 0.3) is 5.65 Å². The Morgan fingerprint density at radius 3 is 3.00 bits per heavy atom. The van der Waals surface area contributed by atoms with Gasteiger partial charge in [-0.1, -0.05) is 18.5 Å². The summed E-state index contributed by atoms with van der Waals surface area (Å²) in [5.41, 5.74) is 1.18. The molecule has 2 aromatic heterocycles. The maximum absolute atomic E-state index is 11.0. The van der Waals surface area contributed by atoms with Gasteiger partial charge in [0.1, 0.15) is 5.15 Å². The lowest BCUT2D eigenvalue weighted by atomic mass is 10.2. The summed E-state index contributed by atoms with van der Waals surface area (Å²) in [6.45, 7) is 1.85. The molecule has 0 unspecified atom stereocenters. The van der Waals surface area contributed by atoms with Gasteiger partial charge in [-0.05, 0) is 6.42 Å². The third-order valence-corrected chi connectivity index (χ3v) is 2.28. The Morgan fingerprint density at radius 2 is 2.40 bits per heavy atom. The van der Waals surface area contributed by atoms with Crippen LogP contribution in [-0.4, -0.2) is 25.4 Å². The highest BCUT2D eigenvalue weighted by Gasteiger charge is 2.17. The first kappa shape index (κ1) is 9.92. The number of nitrogens with zero attached hydrogens (tertiary/aromatic N) is 3. The second-order valence-corrected chi connectivity index (χ2v) is 3.39. The van der Waals surface area contributed by atoms with Gasteiger partial charge < -0.3 is 5.11 Å². The maximum atomic E-state index is 11.0. The van der Waals surface area contributed by atoms with Gasteiger partial charge in [0.25, 0.3) is 0 Å². The quantitative estimate of drug-likeness (QED) is 0.844. The summed E-state index contributed by atoms with van der Waals surface area (Å²) >= 11 is 5.70. The lowest BCUT2D eigenvalue weighted by Crippen LogP contribution is -2.05. The van der Waals surface area contributed by atoms with E-state index in [4.69, 9.17) is 16.7 Å². The molecule has 6 heteroatoms. The van der Waals surface area contributed by atoms with E-state index in [1.54, 1.807) is 0 Å². The zero-order valence-corrected chi connectivity index (χ0v) is 8.69. The minimum atomic E-state index is -1.01. The molecule has 2 aromatic rings. The number of hydrogen-bond acceptors (Lipinski definition) is 3. The van der Waals surface area contributed by atoms with E-state index in [1.165, 1.54) is 16.8 Å². The lowest BCUT2D eigenvalue weighted by Gasteiger charge is -1.97. The fourth-order valence-corrected chi connectivity index (χ4v) is 1.60. The van der Waals surface area contributed by atoms with Crippen molar-refractivity contribution in [2.45, 2.75) is 13.3 Å². The van der Waals surface area contributed by atoms with E-state index in [1.807, 2.05) is 6.92 Å². The van der Waals surface area contributed by atoms with Crippen LogP contribution in [0.2, 0.25) is 5.15 Å². The van der Waals surface area contributed by atoms with Gasteiger partial charge in [0.2, 0.25) is 0 Å². The van der Waals surface area contributed by atoms with Gasteiger partial charge in [0.15, 0.2) is 11.3 Å². The van der Waals surface area contributed by atoms with E-state index in [2.05, 4.69) is 9.97 Å². The Kier molecular flexibility index (Phi) is 2.32. The van der Waals surface area contributed by atoms with E-state index in [0.717, 1.165) is 0 Å². The van der Waals surface area contributed by atoms with Gasteiger partial charge in [-0.25, -0.2) is 14.8 Å². The van der Waals surface area contributed by atoms with Crippen molar-refractivity contribution in [2.24, 2.45) is 0 Å². The summed E-state index contributed by atoms with van der Waals surface area (Å²) in [5, 5.41) is 9.29. The molecule has 5 nitrogen and oxygen atoms in total. The fourth-order valence-electron chi connectivity index (χ4n) is 1.45. The van der Waals surface area contributed by atoms with Gasteiger partial charge in [-0.3, -0.25) is 4.40 Å². The predicted octanol–water partition coefficient (Wildman–Crippen LogP) is 1.64. The standard InChI is InChI=1S/C9H8ClN3O2/c1-2-5-8(9(14)15)13-4-6(10)11-3-7(13)12-5/h3-4H,2H2,1H3,(H,14,15). The van der Waals surface area contributed by atoms with Crippen molar-refractivity contribution < 1.29 is 9.90 Å². The third kappa shape index (κ3) is 1.55. The van der Waals surface area contributed by atoms with Crippen LogP contribution in [0.4, 0.5) is 0 Å². The molecular formula is C9H8ClN3O2.